The molecule has 6 rings (SSSR count). The van der Waals surface area contributed by atoms with E-state index in [1.54, 1.807) is 0 Å². The van der Waals surface area contributed by atoms with Crippen LogP contribution in [-0.2, 0) is 28.3 Å². The van der Waals surface area contributed by atoms with Gasteiger partial charge in [0.05, 0.1) is 29.3 Å². The lowest BCUT2D eigenvalue weighted by Gasteiger charge is -2.48. The number of piperidine rings is 1. The third-order valence-electron chi connectivity index (χ3n) is 10.3. The first-order valence-corrected chi connectivity index (χ1v) is 16.3. The zero-order valence-electron chi connectivity index (χ0n) is 26.1. The van der Waals surface area contributed by atoms with Gasteiger partial charge in [-0.3, -0.25) is 19.4 Å². The molecule has 0 aromatic heterocycles. The minimum absolute atomic E-state index is 0.0438. The Kier molecular flexibility index (Phi) is 9.87. The summed E-state index contributed by atoms with van der Waals surface area (Å²) in [5.41, 5.74) is -3.13. The van der Waals surface area contributed by atoms with Crippen LogP contribution < -0.4 is 4.90 Å². The zero-order valence-corrected chi connectivity index (χ0v) is 26.1. The minimum atomic E-state index is -5.09. The van der Waals surface area contributed by atoms with Crippen molar-refractivity contribution in [3.8, 4) is 0 Å². The summed E-state index contributed by atoms with van der Waals surface area (Å²) in [6.07, 6.45) is -6.94. The lowest BCUT2D eigenvalue weighted by molar-refractivity contribution is -0.143. The Labute approximate surface area is 270 Å². The molecule has 4 saturated heterocycles. The summed E-state index contributed by atoms with van der Waals surface area (Å²) in [5.74, 6) is 0.136. The zero-order chi connectivity index (χ0) is 33.3. The number of ether oxygens (including phenoxy) is 1. The first-order valence-electron chi connectivity index (χ1n) is 16.3. The van der Waals surface area contributed by atoms with Gasteiger partial charge in [0.25, 0.3) is 0 Å². The second kappa shape index (κ2) is 13.8. The summed E-state index contributed by atoms with van der Waals surface area (Å²) in [7, 11) is 0. The number of aldehydes is 1. The first-order chi connectivity index (χ1) is 22.4. The average molecular weight is 667 g/mol. The molecule has 4 aliphatic rings. The molecular formula is C34H40F6N4O3. The lowest BCUT2D eigenvalue weighted by Crippen LogP contribution is -2.57. The second-order valence-electron chi connectivity index (χ2n) is 13.1. The summed E-state index contributed by atoms with van der Waals surface area (Å²) in [6.45, 7) is 5.93. The molecule has 4 aliphatic heterocycles. The molecule has 2 aromatic rings. The summed E-state index contributed by atoms with van der Waals surface area (Å²) < 4.78 is 89.3. The molecule has 4 heterocycles. The Morgan fingerprint density at radius 2 is 1.53 bits per heavy atom. The van der Waals surface area contributed by atoms with Crippen LogP contribution in [-0.4, -0.2) is 104 Å². The van der Waals surface area contributed by atoms with E-state index in [4.69, 9.17) is 4.74 Å². The van der Waals surface area contributed by atoms with Crippen LogP contribution in [0.5, 0.6) is 0 Å². The van der Waals surface area contributed by atoms with Gasteiger partial charge in [-0.1, -0.05) is 30.3 Å². The normalized spacial score (nSPS) is 26.6. The van der Waals surface area contributed by atoms with Crippen molar-refractivity contribution in [1.29, 1.82) is 0 Å². The number of carbonyl (C=O) groups is 2. The van der Waals surface area contributed by atoms with E-state index < -0.39 is 40.8 Å². The van der Waals surface area contributed by atoms with Gasteiger partial charge in [-0.25, -0.2) is 0 Å². The number of anilines is 1. The number of hydrogen-bond donors (Lipinski definition) is 0. The number of rotatable bonds is 7. The molecule has 2 aromatic carbocycles. The van der Waals surface area contributed by atoms with Crippen molar-refractivity contribution in [2.75, 3.05) is 63.9 Å². The predicted octanol–water partition coefficient (Wildman–Crippen LogP) is 5.37. The van der Waals surface area contributed by atoms with E-state index in [1.807, 2.05) is 35.2 Å². The molecule has 0 spiro atoms. The van der Waals surface area contributed by atoms with Crippen LogP contribution >= 0.6 is 0 Å². The van der Waals surface area contributed by atoms with Crippen LogP contribution in [0.3, 0.4) is 0 Å². The average Bonchev–Trinajstić information content (AvgIpc) is 3.77. The molecule has 0 bridgehead atoms. The standard InChI is InChI=1S/C34H40F6N4O3/c35-33(36,37)26-17-25(21-45)31(30(18-26)34(38,39)40)44-10-7-27(19-29(44)16-23-4-2-1-3-5-23)41-11-13-42(14-12-41)28-6-9-43(20-28)32(46)24-8-15-47-22-24/h1-5,17-18,21,24,27-29H,6-16,19-20,22H2/t24?,27-,28?,29+/m0/s1. The maximum Gasteiger partial charge on any atom is 0.418 e. The summed E-state index contributed by atoms with van der Waals surface area (Å²) in [5, 5.41) is 0. The van der Waals surface area contributed by atoms with Crippen LogP contribution in [0.15, 0.2) is 42.5 Å². The van der Waals surface area contributed by atoms with Crippen LogP contribution in [0.25, 0.3) is 0 Å². The lowest BCUT2D eigenvalue weighted by atomic mass is 9.88. The fraction of sp³-hybridized carbons (Fsp3) is 0.588. The van der Waals surface area contributed by atoms with Crippen molar-refractivity contribution >= 4 is 17.9 Å². The smallest absolute Gasteiger partial charge is 0.381 e. The molecule has 256 valence electrons. The van der Waals surface area contributed by atoms with Gasteiger partial charge in [0.1, 0.15) is 0 Å². The summed E-state index contributed by atoms with van der Waals surface area (Å²) in [4.78, 5) is 33.2. The van der Waals surface area contributed by atoms with Crippen LogP contribution in [0.4, 0.5) is 32.0 Å². The van der Waals surface area contributed by atoms with E-state index in [0.717, 1.165) is 51.1 Å². The van der Waals surface area contributed by atoms with E-state index in [9.17, 15) is 35.9 Å². The van der Waals surface area contributed by atoms with Gasteiger partial charge in [0, 0.05) is 76.1 Å². The third-order valence-corrected chi connectivity index (χ3v) is 10.3. The highest BCUT2D eigenvalue weighted by Crippen LogP contribution is 2.44. The van der Waals surface area contributed by atoms with Crippen molar-refractivity contribution < 1.29 is 40.7 Å². The largest absolute Gasteiger partial charge is 0.418 e. The van der Waals surface area contributed by atoms with E-state index in [2.05, 4.69) is 9.80 Å². The van der Waals surface area contributed by atoms with Crippen molar-refractivity contribution in [2.45, 2.75) is 62.6 Å². The Morgan fingerprint density at radius 3 is 2.15 bits per heavy atom. The molecule has 4 fully saturated rings. The van der Waals surface area contributed by atoms with Gasteiger partial charge >= 0.3 is 12.4 Å². The number of benzene rings is 2. The van der Waals surface area contributed by atoms with E-state index in [-0.39, 0.29) is 36.8 Å². The highest BCUT2D eigenvalue weighted by Gasteiger charge is 2.44. The van der Waals surface area contributed by atoms with Gasteiger partial charge < -0.3 is 14.5 Å². The number of nitrogens with zero attached hydrogens (tertiary/aromatic N) is 4. The Hall–Kier alpha value is -3.16. The van der Waals surface area contributed by atoms with Crippen LogP contribution in [0.2, 0.25) is 0 Å². The molecule has 13 heteroatoms. The summed E-state index contributed by atoms with van der Waals surface area (Å²) >= 11 is 0. The Bertz CT molecular complexity index is 1410. The molecular weight excluding hydrogens is 626 g/mol. The molecule has 0 aliphatic carbocycles. The van der Waals surface area contributed by atoms with Gasteiger partial charge in [0.2, 0.25) is 5.91 Å². The second-order valence-corrected chi connectivity index (χ2v) is 13.1. The molecule has 0 N–H and O–H groups in total. The molecule has 47 heavy (non-hydrogen) atoms. The number of hydrogen-bond acceptors (Lipinski definition) is 6. The maximum absolute atomic E-state index is 14.4. The number of likely N-dealkylation sites (tertiary alicyclic amines) is 1. The molecule has 0 radical (unpaired) electrons. The number of amides is 1. The van der Waals surface area contributed by atoms with Crippen LogP contribution in [0, 0.1) is 5.92 Å². The van der Waals surface area contributed by atoms with Gasteiger partial charge in [0.15, 0.2) is 6.29 Å². The molecule has 1 amide bonds. The predicted molar refractivity (Wildman–Crippen MR) is 163 cm³/mol. The number of halogens is 6. The van der Waals surface area contributed by atoms with Crippen LogP contribution in [0.1, 0.15) is 52.7 Å². The minimum Gasteiger partial charge on any atom is -0.381 e. The monoisotopic (exact) mass is 666 g/mol. The van der Waals surface area contributed by atoms with E-state index >= 15 is 0 Å². The Balaban J connectivity index is 1.18. The quantitative estimate of drug-likeness (QED) is 0.293. The van der Waals surface area contributed by atoms with Gasteiger partial charge in [-0.05, 0) is 49.8 Å². The third kappa shape index (κ3) is 7.46. The maximum atomic E-state index is 14.4. The van der Waals surface area contributed by atoms with Gasteiger partial charge in [-0.2, -0.15) is 26.3 Å². The Morgan fingerprint density at radius 1 is 0.851 bits per heavy atom. The van der Waals surface area contributed by atoms with Gasteiger partial charge in [-0.15, -0.1) is 0 Å². The molecule has 0 saturated carbocycles. The van der Waals surface area contributed by atoms with Crippen molar-refractivity contribution in [3.63, 3.8) is 0 Å². The van der Waals surface area contributed by atoms with E-state index in [1.165, 1.54) is 4.90 Å². The van der Waals surface area contributed by atoms with E-state index in [0.29, 0.717) is 51.1 Å². The first kappa shape index (κ1) is 33.7. The SMILES string of the molecule is O=Cc1cc(C(F)(F)F)cc(C(F)(F)F)c1N1CC[C@H](N2CCN(C3CCN(C(=O)C4CCOC4)C3)CC2)C[C@H]1Cc1ccccc1. The van der Waals surface area contributed by atoms with Crippen molar-refractivity contribution in [1.82, 2.24) is 14.7 Å². The molecule has 2 unspecified atom stereocenters. The number of piperazine rings is 1. The van der Waals surface area contributed by atoms with Crippen molar-refractivity contribution in [3.05, 3.63) is 64.7 Å². The number of carbonyl (C=O) groups excluding carboxylic acids is 2. The molecule has 7 nitrogen and oxygen atoms in total. The fourth-order valence-corrected chi connectivity index (χ4v) is 7.88. The fourth-order valence-electron chi connectivity index (χ4n) is 7.88. The number of alkyl halides is 6. The highest BCUT2D eigenvalue weighted by atomic mass is 19.4. The topological polar surface area (TPSA) is 56.3 Å². The highest BCUT2D eigenvalue weighted by molar-refractivity contribution is 5.87. The summed E-state index contributed by atoms with van der Waals surface area (Å²) in [6, 6.07) is 9.83. The molecule has 4 atom stereocenters. The van der Waals surface area contributed by atoms with Crippen molar-refractivity contribution in [2.24, 2.45) is 5.92 Å².